The van der Waals surface area contributed by atoms with Gasteiger partial charge in [0, 0.05) is 5.92 Å². The molecule has 76 valence electrons. The van der Waals surface area contributed by atoms with Crippen molar-refractivity contribution in [3.63, 3.8) is 0 Å². The predicted octanol–water partition coefficient (Wildman–Crippen LogP) is 0.381. The number of aliphatic hydroxyl groups excluding tert-OH is 1. The summed E-state index contributed by atoms with van der Waals surface area (Å²) in [5, 5.41) is 9.39. The molecule has 0 amide bonds. The molecule has 0 aromatic carbocycles. The quantitative estimate of drug-likeness (QED) is 0.500. The van der Waals surface area contributed by atoms with Crippen molar-refractivity contribution in [2.75, 3.05) is 7.11 Å². The zero-order valence-corrected chi connectivity index (χ0v) is 8.19. The number of esters is 1. The van der Waals surface area contributed by atoms with Gasteiger partial charge in [-0.1, -0.05) is 13.8 Å². The molecule has 0 rings (SSSR count). The van der Waals surface area contributed by atoms with Gasteiger partial charge < -0.3 is 14.6 Å². The second kappa shape index (κ2) is 5.70. The standard InChI is InChI=1S/C9H16O4/c1-6(9(12)13-3)4-8(11)7(2)5-10/h5-8,11H,4H2,1-3H3. The molecule has 0 aliphatic rings. The molecular weight excluding hydrogens is 172 g/mol. The number of carbonyl (C=O) groups excluding carboxylic acids is 2. The van der Waals surface area contributed by atoms with Crippen molar-refractivity contribution >= 4 is 12.3 Å². The molecule has 0 saturated carbocycles. The van der Waals surface area contributed by atoms with Crippen LogP contribution in [0.25, 0.3) is 0 Å². The number of rotatable bonds is 5. The van der Waals surface area contributed by atoms with Gasteiger partial charge in [-0.2, -0.15) is 0 Å². The van der Waals surface area contributed by atoms with Crippen LogP contribution in [0.3, 0.4) is 0 Å². The average molecular weight is 188 g/mol. The summed E-state index contributed by atoms with van der Waals surface area (Å²) in [6.07, 6.45) is 0.160. The van der Waals surface area contributed by atoms with E-state index in [9.17, 15) is 14.7 Å². The Morgan fingerprint density at radius 2 is 2.08 bits per heavy atom. The molecule has 0 aromatic heterocycles. The maximum Gasteiger partial charge on any atom is 0.308 e. The van der Waals surface area contributed by atoms with Gasteiger partial charge >= 0.3 is 5.97 Å². The van der Waals surface area contributed by atoms with Crippen molar-refractivity contribution in [2.24, 2.45) is 11.8 Å². The van der Waals surface area contributed by atoms with Crippen molar-refractivity contribution in [3.8, 4) is 0 Å². The normalized spacial score (nSPS) is 17.2. The van der Waals surface area contributed by atoms with Gasteiger partial charge in [-0.25, -0.2) is 0 Å². The van der Waals surface area contributed by atoms with E-state index in [4.69, 9.17) is 0 Å². The van der Waals surface area contributed by atoms with Gasteiger partial charge in [0.25, 0.3) is 0 Å². The molecule has 0 heterocycles. The molecular formula is C9H16O4. The number of methoxy groups -OCH3 is 1. The van der Waals surface area contributed by atoms with Crippen LogP contribution in [-0.2, 0) is 14.3 Å². The summed E-state index contributed by atoms with van der Waals surface area (Å²) in [4.78, 5) is 21.2. The molecule has 0 spiro atoms. The first-order valence-corrected chi connectivity index (χ1v) is 4.24. The molecule has 3 unspecified atom stereocenters. The second-order valence-electron chi connectivity index (χ2n) is 3.22. The molecule has 0 aliphatic carbocycles. The number of aldehydes is 1. The summed E-state index contributed by atoms with van der Waals surface area (Å²) in [7, 11) is 1.30. The van der Waals surface area contributed by atoms with Crippen LogP contribution < -0.4 is 0 Å². The Labute approximate surface area is 77.9 Å². The first-order valence-electron chi connectivity index (χ1n) is 4.24. The zero-order chi connectivity index (χ0) is 10.4. The van der Waals surface area contributed by atoms with Crippen molar-refractivity contribution in [1.82, 2.24) is 0 Å². The summed E-state index contributed by atoms with van der Waals surface area (Å²) in [5.41, 5.74) is 0. The lowest BCUT2D eigenvalue weighted by Gasteiger charge is -2.16. The summed E-state index contributed by atoms with van der Waals surface area (Å²) in [6, 6.07) is 0. The third kappa shape index (κ3) is 4.03. The summed E-state index contributed by atoms with van der Waals surface area (Å²) >= 11 is 0. The van der Waals surface area contributed by atoms with Gasteiger partial charge in [0.05, 0.1) is 19.1 Å². The molecule has 0 bridgehead atoms. The Morgan fingerprint density at radius 1 is 1.54 bits per heavy atom. The summed E-state index contributed by atoms with van der Waals surface area (Å²) in [5.74, 6) is -1.17. The number of hydrogen-bond donors (Lipinski definition) is 1. The average Bonchev–Trinajstić information content (AvgIpc) is 2.14. The lowest BCUT2D eigenvalue weighted by Crippen LogP contribution is -2.25. The number of carbonyl (C=O) groups is 2. The molecule has 0 aliphatic heterocycles. The first-order chi connectivity index (χ1) is 6.02. The van der Waals surface area contributed by atoms with E-state index < -0.39 is 12.0 Å². The van der Waals surface area contributed by atoms with Crippen LogP contribution in [0.5, 0.6) is 0 Å². The Morgan fingerprint density at radius 3 is 2.46 bits per heavy atom. The molecule has 0 aromatic rings. The zero-order valence-electron chi connectivity index (χ0n) is 8.19. The van der Waals surface area contributed by atoms with Gasteiger partial charge in [0.1, 0.15) is 6.29 Å². The van der Waals surface area contributed by atoms with Gasteiger partial charge in [-0.05, 0) is 6.42 Å². The van der Waals surface area contributed by atoms with E-state index in [1.165, 1.54) is 7.11 Å². The molecule has 3 atom stereocenters. The van der Waals surface area contributed by atoms with E-state index in [0.29, 0.717) is 6.29 Å². The summed E-state index contributed by atoms with van der Waals surface area (Å²) < 4.78 is 4.49. The summed E-state index contributed by atoms with van der Waals surface area (Å²) in [6.45, 7) is 3.27. The highest BCUT2D eigenvalue weighted by atomic mass is 16.5. The fourth-order valence-corrected chi connectivity index (χ4v) is 0.965. The van der Waals surface area contributed by atoms with E-state index in [2.05, 4.69) is 4.74 Å². The Bertz CT molecular complexity index is 178. The van der Waals surface area contributed by atoms with Gasteiger partial charge in [0.15, 0.2) is 0 Å². The van der Waals surface area contributed by atoms with Crippen LogP contribution in [0.4, 0.5) is 0 Å². The third-order valence-electron chi connectivity index (χ3n) is 2.02. The largest absolute Gasteiger partial charge is 0.469 e. The second-order valence-corrected chi connectivity index (χ2v) is 3.22. The van der Waals surface area contributed by atoms with Crippen molar-refractivity contribution < 1.29 is 19.4 Å². The molecule has 0 radical (unpaired) electrons. The molecule has 0 fully saturated rings. The van der Waals surface area contributed by atoms with E-state index in [1.807, 2.05) is 0 Å². The van der Waals surface area contributed by atoms with E-state index in [1.54, 1.807) is 13.8 Å². The van der Waals surface area contributed by atoms with Crippen molar-refractivity contribution in [2.45, 2.75) is 26.4 Å². The SMILES string of the molecule is COC(=O)C(C)CC(O)C(C)C=O. The Balaban J connectivity index is 3.97. The highest BCUT2D eigenvalue weighted by Crippen LogP contribution is 2.12. The molecule has 4 heteroatoms. The molecule has 1 N–H and O–H groups in total. The Hall–Kier alpha value is -0.900. The van der Waals surface area contributed by atoms with Crippen LogP contribution >= 0.6 is 0 Å². The van der Waals surface area contributed by atoms with E-state index >= 15 is 0 Å². The molecule has 13 heavy (non-hydrogen) atoms. The van der Waals surface area contributed by atoms with Gasteiger partial charge in [-0.15, -0.1) is 0 Å². The monoisotopic (exact) mass is 188 g/mol. The smallest absolute Gasteiger partial charge is 0.308 e. The fourth-order valence-electron chi connectivity index (χ4n) is 0.965. The minimum atomic E-state index is -0.772. The predicted molar refractivity (Wildman–Crippen MR) is 47.0 cm³/mol. The van der Waals surface area contributed by atoms with E-state index in [-0.39, 0.29) is 18.3 Å². The number of hydrogen-bond acceptors (Lipinski definition) is 4. The maximum atomic E-state index is 10.9. The van der Waals surface area contributed by atoms with Crippen molar-refractivity contribution in [3.05, 3.63) is 0 Å². The minimum absolute atomic E-state index is 0.257. The lowest BCUT2D eigenvalue weighted by molar-refractivity contribution is -0.146. The highest BCUT2D eigenvalue weighted by molar-refractivity contribution is 5.71. The molecule has 4 nitrogen and oxygen atoms in total. The topological polar surface area (TPSA) is 63.6 Å². The van der Waals surface area contributed by atoms with Crippen LogP contribution in [0.2, 0.25) is 0 Å². The van der Waals surface area contributed by atoms with Gasteiger partial charge in [-0.3, -0.25) is 4.79 Å². The Kier molecular flexibility index (Phi) is 5.30. The maximum absolute atomic E-state index is 10.9. The minimum Gasteiger partial charge on any atom is -0.469 e. The third-order valence-corrected chi connectivity index (χ3v) is 2.02. The lowest BCUT2D eigenvalue weighted by atomic mass is 9.96. The van der Waals surface area contributed by atoms with Crippen LogP contribution in [0.1, 0.15) is 20.3 Å². The van der Waals surface area contributed by atoms with Crippen LogP contribution in [-0.4, -0.2) is 30.6 Å². The van der Waals surface area contributed by atoms with Crippen LogP contribution in [0.15, 0.2) is 0 Å². The van der Waals surface area contributed by atoms with Crippen molar-refractivity contribution in [1.29, 1.82) is 0 Å². The fraction of sp³-hybridized carbons (Fsp3) is 0.778. The first kappa shape index (κ1) is 12.1. The highest BCUT2D eigenvalue weighted by Gasteiger charge is 2.21. The number of ether oxygens (including phenoxy) is 1. The van der Waals surface area contributed by atoms with Crippen LogP contribution in [0, 0.1) is 11.8 Å². The number of aliphatic hydroxyl groups is 1. The molecule has 0 saturated heterocycles. The van der Waals surface area contributed by atoms with E-state index in [0.717, 1.165) is 0 Å². The van der Waals surface area contributed by atoms with Gasteiger partial charge in [0.2, 0.25) is 0 Å².